The van der Waals surface area contributed by atoms with Crippen molar-refractivity contribution in [2.45, 2.75) is 20.0 Å². The molecule has 3 aromatic rings. The molecule has 1 aliphatic heterocycles. The van der Waals surface area contributed by atoms with Gasteiger partial charge in [0.1, 0.15) is 12.4 Å². The Hall–Kier alpha value is -3.68. The molecule has 2 aromatic carbocycles. The zero-order valence-corrected chi connectivity index (χ0v) is 15.3. The molecule has 4 amide bonds. The highest BCUT2D eigenvalue weighted by Crippen LogP contribution is 2.17. The smallest absolute Gasteiger partial charge is 0.324 e. The van der Waals surface area contributed by atoms with E-state index >= 15 is 0 Å². The summed E-state index contributed by atoms with van der Waals surface area (Å²) < 4.78 is 1.86. The van der Waals surface area contributed by atoms with E-state index in [2.05, 4.69) is 15.6 Å². The third-order valence-corrected chi connectivity index (χ3v) is 4.64. The van der Waals surface area contributed by atoms with E-state index in [1.165, 1.54) is 0 Å². The molecule has 8 heteroatoms. The number of anilines is 1. The second-order valence-electron chi connectivity index (χ2n) is 6.62. The number of imide groups is 1. The number of carbonyl (C=O) groups is 3. The molecule has 28 heavy (non-hydrogen) atoms. The zero-order chi connectivity index (χ0) is 19.7. The lowest BCUT2D eigenvalue weighted by molar-refractivity contribution is -0.125. The fraction of sp³-hybridized carbons (Fsp3) is 0.200. The summed E-state index contributed by atoms with van der Waals surface area (Å²) in [7, 11) is 0. The first-order valence-electron chi connectivity index (χ1n) is 8.90. The molecule has 8 nitrogen and oxygen atoms in total. The van der Waals surface area contributed by atoms with Gasteiger partial charge in [0.25, 0.3) is 0 Å². The summed E-state index contributed by atoms with van der Waals surface area (Å²) in [5.74, 6) is 0.323. The number of nitrogens with zero attached hydrogens (tertiary/aromatic N) is 3. The van der Waals surface area contributed by atoms with Gasteiger partial charge in [0, 0.05) is 5.69 Å². The van der Waals surface area contributed by atoms with Crippen LogP contribution in [0, 0.1) is 6.92 Å². The Balaban J connectivity index is 1.47. The molecule has 1 aromatic heterocycles. The molecule has 2 heterocycles. The average molecular weight is 377 g/mol. The predicted octanol–water partition coefficient (Wildman–Crippen LogP) is 2.04. The monoisotopic (exact) mass is 377 g/mol. The lowest BCUT2D eigenvalue weighted by Crippen LogP contribution is -2.30. The van der Waals surface area contributed by atoms with Gasteiger partial charge in [-0.15, -0.1) is 0 Å². The van der Waals surface area contributed by atoms with Crippen LogP contribution in [0.1, 0.15) is 11.4 Å². The summed E-state index contributed by atoms with van der Waals surface area (Å²) in [6, 6.07) is 14.4. The van der Waals surface area contributed by atoms with Crippen LogP contribution in [0.25, 0.3) is 11.0 Å². The predicted molar refractivity (Wildman–Crippen MR) is 103 cm³/mol. The molecule has 1 fully saturated rings. The van der Waals surface area contributed by atoms with Crippen LogP contribution in [0.4, 0.5) is 10.5 Å². The number of fused-ring (bicyclic) bond motifs is 1. The van der Waals surface area contributed by atoms with Crippen molar-refractivity contribution in [3.63, 3.8) is 0 Å². The van der Waals surface area contributed by atoms with E-state index in [-0.39, 0.29) is 31.4 Å². The number of aromatic nitrogens is 2. The Labute approximate surface area is 161 Å². The third kappa shape index (κ3) is 3.44. The molecule has 0 spiro atoms. The van der Waals surface area contributed by atoms with E-state index in [0.717, 1.165) is 27.3 Å². The highest BCUT2D eigenvalue weighted by Gasteiger charge is 2.28. The molecule has 1 saturated heterocycles. The van der Waals surface area contributed by atoms with Crippen molar-refractivity contribution >= 4 is 34.6 Å². The maximum Gasteiger partial charge on any atom is 0.324 e. The number of hydrogen-bond donors (Lipinski definition) is 2. The summed E-state index contributed by atoms with van der Waals surface area (Å²) in [5.41, 5.74) is 3.12. The van der Waals surface area contributed by atoms with Crippen LogP contribution in [0.2, 0.25) is 0 Å². The first-order chi connectivity index (χ1) is 13.5. The second-order valence-corrected chi connectivity index (χ2v) is 6.62. The Morgan fingerprint density at radius 1 is 1.18 bits per heavy atom. The average Bonchev–Trinajstić information content (AvgIpc) is 3.16. The molecular formula is C20H19N5O3. The quantitative estimate of drug-likeness (QED) is 0.665. The van der Waals surface area contributed by atoms with Gasteiger partial charge in [-0.2, -0.15) is 0 Å². The standard InChI is InChI=1S/C20H19N5O3/c1-13-22-16-7-2-3-8-17(16)24(13)12-18(26)23-15-6-4-5-14(9-15)11-25-19(27)10-21-20(25)28/h2-9H,10-12H2,1H3,(H,21,28)(H,23,26). The van der Waals surface area contributed by atoms with Crippen molar-refractivity contribution in [2.24, 2.45) is 0 Å². The summed E-state index contributed by atoms with van der Waals surface area (Å²) in [6.07, 6.45) is 0. The number of benzene rings is 2. The summed E-state index contributed by atoms with van der Waals surface area (Å²) in [6.45, 7) is 2.20. The summed E-state index contributed by atoms with van der Waals surface area (Å²) >= 11 is 0. The third-order valence-electron chi connectivity index (χ3n) is 4.64. The molecule has 2 N–H and O–H groups in total. The number of rotatable bonds is 5. The van der Waals surface area contributed by atoms with E-state index in [9.17, 15) is 14.4 Å². The highest BCUT2D eigenvalue weighted by atomic mass is 16.2. The van der Waals surface area contributed by atoms with Gasteiger partial charge in [-0.1, -0.05) is 24.3 Å². The summed E-state index contributed by atoms with van der Waals surface area (Å²) in [4.78, 5) is 41.6. The van der Waals surface area contributed by atoms with Crippen LogP contribution in [0.15, 0.2) is 48.5 Å². The minimum Gasteiger partial charge on any atom is -0.329 e. The lowest BCUT2D eigenvalue weighted by Gasteiger charge is -2.14. The number of carbonyl (C=O) groups excluding carboxylic acids is 3. The van der Waals surface area contributed by atoms with E-state index in [1.54, 1.807) is 18.2 Å². The first kappa shape index (κ1) is 17.7. The molecular weight excluding hydrogens is 358 g/mol. The molecule has 0 aliphatic carbocycles. The number of imidazole rings is 1. The molecule has 142 valence electrons. The highest BCUT2D eigenvalue weighted by molar-refractivity contribution is 6.01. The van der Waals surface area contributed by atoms with E-state index in [1.807, 2.05) is 41.8 Å². The largest absolute Gasteiger partial charge is 0.329 e. The molecule has 0 radical (unpaired) electrons. The van der Waals surface area contributed by atoms with Gasteiger partial charge in [-0.25, -0.2) is 9.78 Å². The number of urea groups is 1. The number of aryl methyl sites for hydroxylation is 1. The first-order valence-corrected chi connectivity index (χ1v) is 8.90. The molecule has 1 aliphatic rings. The van der Waals surface area contributed by atoms with Crippen molar-refractivity contribution in [1.82, 2.24) is 19.8 Å². The van der Waals surface area contributed by atoms with Gasteiger partial charge in [0.05, 0.1) is 24.1 Å². The van der Waals surface area contributed by atoms with Gasteiger partial charge in [0.2, 0.25) is 11.8 Å². The van der Waals surface area contributed by atoms with Gasteiger partial charge < -0.3 is 15.2 Å². The van der Waals surface area contributed by atoms with Crippen molar-refractivity contribution in [3.05, 3.63) is 59.9 Å². The van der Waals surface area contributed by atoms with Gasteiger partial charge in [0.15, 0.2) is 0 Å². The van der Waals surface area contributed by atoms with Crippen molar-refractivity contribution < 1.29 is 14.4 Å². The van der Waals surface area contributed by atoms with E-state index < -0.39 is 6.03 Å². The van der Waals surface area contributed by atoms with Crippen LogP contribution in [0.5, 0.6) is 0 Å². The normalized spacial score (nSPS) is 13.8. The Kier molecular flexibility index (Phi) is 4.52. The fourth-order valence-electron chi connectivity index (χ4n) is 3.28. The van der Waals surface area contributed by atoms with E-state index in [0.29, 0.717) is 5.69 Å². The fourth-order valence-corrected chi connectivity index (χ4v) is 3.28. The molecule has 0 saturated carbocycles. The SMILES string of the molecule is Cc1nc2ccccc2n1CC(=O)Nc1cccc(CN2C(=O)CNC2=O)c1. The van der Waals surface area contributed by atoms with Crippen LogP contribution < -0.4 is 10.6 Å². The van der Waals surface area contributed by atoms with Crippen molar-refractivity contribution in [1.29, 1.82) is 0 Å². The van der Waals surface area contributed by atoms with Crippen LogP contribution >= 0.6 is 0 Å². The molecule has 0 bridgehead atoms. The Bertz CT molecular complexity index is 1070. The van der Waals surface area contributed by atoms with Crippen LogP contribution in [0.3, 0.4) is 0 Å². The van der Waals surface area contributed by atoms with Crippen LogP contribution in [-0.2, 0) is 22.7 Å². The van der Waals surface area contributed by atoms with Crippen LogP contribution in [-0.4, -0.2) is 38.8 Å². The minimum atomic E-state index is -0.401. The second kappa shape index (κ2) is 7.15. The van der Waals surface area contributed by atoms with Crippen molar-refractivity contribution in [3.8, 4) is 0 Å². The molecule has 0 atom stereocenters. The minimum absolute atomic E-state index is 0.0213. The van der Waals surface area contributed by atoms with Crippen molar-refractivity contribution in [2.75, 3.05) is 11.9 Å². The van der Waals surface area contributed by atoms with E-state index in [4.69, 9.17) is 0 Å². The number of nitrogens with one attached hydrogen (secondary N) is 2. The van der Waals surface area contributed by atoms with Gasteiger partial charge in [-0.05, 0) is 36.8 Å². The Morgan fingerprint density at radius 2 is 2.00 bits per heavy atom. The zero-order valence-electron chi connectivity index (χ0n) is 15.3. The number of hydrogen-bond acceptors (Lipinski definition) is 4. The topological polar surface area (TPSA) is 96.3 Å². The maximum atomic E-state index is 12.5. The maximum absolute atomic E-state index is 12.5. The number of para-hydroxylation sites is 2. The van der Waals surface area contributed by atoms with Gasteiger partial charge in [-0.3, -0.25) is 14.5 Å². The molecule has 4 rings (SSSR count). The summed E-state index contributed by atoms with van der Waals surface area (Å²) in [5, 5.41) is 5.36. The molecule has 0 unspecified atom stereocenters. The Morgan fingerprint density at radius 3 is 2.79 bits per heavy atom. The lowest BCUT2D eigenvalue weighted by atomic mass is 10.2. The number of amides is 4. The van der Waals surface area contributed by atoms with Gasteiger partial charge >= 0.3 is 6.03 Å².